The van der Waals surface area contributed by atoms with Crippen molar-refractivity contribution in [1.29, 1.82) is 0 Å². The maximum atomic E-state index is 11.6. The van der Waals surface area contributed by atoms with Gasteiger partial charge in [0.2, 0.25) is 0 Å². The summed E-state index contributed by atoms with van der Waals surface area (Å²) in [5, 5.41) is 1.19. The van der Waals surface area contributed by atoms with Gasteiger partial charge in [0.15, 0.2) is 0 Å². The molecule has 0 aliphatic rings. The molecule has 0 fully saturated rings. The first kappa shape index (κ1) is 14.1. The number of para-hydroxylation sites is 1. The number of nitrogens with zero attached hydrogens (tertiary/aromatic N) is 1. The van der Waals surface area contributed by atoms with Crippen molar-refractivity contribution in [2.45, 2.75) is 19.4 Å². The fourth-order valence-corrected chi connectivity index (χ4v) is 2.27. The lowest BCUT2D eigenvalue weighted by atomic mass is 10.1. The van der Waals surface area contributed by atoms with E-state index in [1.807, 2.05) is 18.2 Å². The molecule has 0 saturated carbocycles. The molecular weight excluding hydrogens is 250 g/mol. The SMILES string of the molecule is C=CCOC(=O)CCc1cn(CC=C)c2ccccc12. The van der Waals surface area contributed by atoms with E-state index in [9.17, 15) is 4.79 Å². The normalized spacial score (nSPS) is 10.4. The molecule has 1 aromatic carbocycles. The summed E-state index contributed by atoms with van der Waals surface area (Å²) in [6.45, 7) is 8.34. The van der Waals surface area contributed by atoms with Crippen molar-refractivity contribution >= 4 is 16.9 Å². The lowest BCUT2D eigenvalue weighted by Crippen LogP contribution is -2.05. The van der Waals surface area contributed by atoms with Crippen LogP contribution in [0.5, 0.6) is 0 Å². The van der Waals surface area contributed by atoms with Crippen molar-refractivity contribution in [1.82, 2.24) is 4.57 Å². The van der Waals surface area contributed by atoms with Gasteiger partial charge in [-0.1, -0.05) is 36.9 Å². The highest BCUT2D eigenvalue weighted by Gasteiger charge is 2.09. The molecule has 0 bridgehead atoms. The van der Waals surface area contributed by atoms with Crippen molar-refractivity contribution in [3.05, 3.63) is 61.3 Å². The summed E-state index contributed by atoms with van der Waals surface area (Å²) in [4.78, 5) is 11.6. The van der Waals surface area contributed by atoms with Gasteiger partial charge in [-0.3, -0.25) is 4.79 Å². The predicted molar refractivity (Wildman–Crippen MR) is 81.6 cm³/mol. The highest BCUT2D eigenvalue weighted by atomic mass is 16.5. The maximum absolute atomic E-state index is 11.6. The van der Waals surface area contributed by atoms with Gasteiger partial charge in [0, 0.05) is 30.1 Å². The van der Waals surface area contributed by atoms with Crippen LogP contribution >= 0.6 is 0 Å². The number of allylic oxidation sites excluding steroid dienone is 1. The molecule has 0 N–H and O–H groups in total. The van der Waals surface area contributed by atoms with Gasteiger partial charge in [-0.05, 0) is 18.1 Å². The number of esters is 1. The monoisotopic (exact) mass is 269 g/mol. The summed E-state index contributed by atoms with van der Waals surface area (Å²) in [7, 11) is 0. The summed E-state index contributed by atoms with van der Waals surface area (Å²) in [5.41, 5.74) is 2.33. The molecule has 0 radical (unpaired) electrons. The van der Waals surface area contributed by atoms with Crippen LogP contribution in [0.15, 0.2) is 55.8 Å². The van der Waals surface area contributed by atoms with Gasteiger partial charge in [-0.25, -0.2) is 0 Å². The standard InChI is InChI=1S/C17H19NO2/c1-3-11-18-13-14(9-10-17(19)20-12-4-2)15-7-5-6-8-16(15)18/h3-8,13H,1-2,9-12H2. The van der Waals surface area contributed by atoms with Crippen molar-refractivity contribution in [3.8, 4) is 0 Å². The second kappa shape index (κ2) is 6.75. The third-order valence-electron chi connectivity index (χ3n) is 3.16. The minimum Gasteiger partial charge on any atom is -0.461 e. The number of ether oxygens (including phenoxy) is 1. The van der Waals surface area contributed by atoms with Crippen LogP contribution in [0, 0.1) is 0 Å². The van der Waals surface area contributed by atoms with Crippen LogP contribution in [-0.2, 0) is 22.5 Å². The van der Waals surface area contributed by atoms with Gasteiger partial charge in [0.05, 0.1) is 0 Å². The number of aryl methyl sites for hydroxylation is 1. The topological polar surface area (TPSA) is 31.2 Å². The first-order chi connectivity index (χ1) is 9.76. The molecule has 104 valence electrons. The quantitative estimate of drug-likeness (QED) is 0.569. The highest BCUT2D eigenvalue weighted by molar-refractivity contribution is 5.84. The second-order valence-electron chi connectivity index (χ2n) is 4.58. The van der Waals surface area contributed by atoms with Crippen molar-refractivity contribution in [2.75, 3.05) is 6.61 Å². The molecule has 0 aliphatic heterocycles. The molecule has 0 atom stereocenters. The Kier molecular flexibility index (Phi) is 4.77. The predicted octanol–water partition coefficient (Wildman–Crippen LogP) is 3.49. The van der Waals surface area contributed by atoms with Gasteiger partial charge in [0.25, 0.3) is 0 Å². The van der Waals surface area contributed by atoms with Crippen LogP contribution < -0.4 is 0 Å². The van der Waals surface area contributed by atoms with Crippen LogP contribution in [0.1, 0.15) is 12.0 Å². The second-order valence-corrected chi connectivity index (χ2v) is 4.58. The third-order valence-corrected chi connectivity index (χ3v) is 3.16. The van der Waals surface area contributed by atoms with E-state index in [0.717, 1.165) is 12.1 Å². The van der Waals surface area contributed by atoms with E-state index >= 15 is 0 Å². The largest absolute Gasteiger partial charge is 0.461 e. The summed E-state index contributed by atoms with van der Waals surface area (Å²) < 4.78 is 7.14. The molecule has 2 aromatic rings. The molecule has 0 spiro atoms. The Balaban J connectivity index is 2.15. The van der Waals surface area contributed by atoms with Gasteiger partial charge < -0.3 is 9.30 Å². The van der Waals surface area contributed by atoms with Crippen molar-refractivity contribution in [2.24, 2.45) is 0 Å². The van der Waals surface area contributed by atoms with Gasteiger partial charge in [-0.2, -0.15) is 0 Å². The first-order valence-electron chi connectivity index (χ1n) is 6.70. The van der Waals surface area contributed by atoms with Gasteiger partial charge >= 0.3 is 5.97 Å². The van der Waals surface area contributed by atoms with E-state index in [0.29, 0.717) is 12.8 Å². The van der Waals surface area contributed by atoms with Crippen LogP contribution in [-0.4, -0.2) is 17.1 Å². The van der Waals surface area contributed by atoms with E-state index in [4.69, 9.17) is 4.74 Å². The Morgan fingerprint density at radius 3 is 2.80 bits per heavy atom. The number of hydrogen-bond acceptors (Lipinski definition) is 2. The molecule has 20 heavy (non-hydrogen) atoms. The van der Waals surface area contributed by atoms with Crippen LogP contribution in [0.3, 0.4) is 0 Å². The number of rotatable bonds is 7. The van der Waals surface area contributed by atoms with Gasteiger partial charge in [0.1, 0.15) is 6.61 Å². The molecule has 3 nitrogen and oxygen atoms in total. The zero-order valence-corrected chi connectivity index (χ0v) is 11.5. The third kappa shape index (κ3) is 3.18. The maximum Gasteiger partial charge on any atom is 0.306 e. The summed E-state index contributed by atoms with van der Waals surface area (Å²) in [6.07, 6.45) is 6.60. The van der Waals surface area contributed by atoms with Crippen LogP contribution in [0.2, 0.25) is 0 Å². The minimum atomic E-state index is -0.189. The fraction of sp³-hybridized carbons (Fsp3) is 0.235. The van der Waals surface area contributed by atoms with Gasteiger partial charge in [-0.15, -0.1) is 6.58 Å². The summed E-state index contributed by atoms with van der Waals surface area (Å²) >= 11 is 0. The average molecular weight is 269 g/mol. The Labute approximate surface area is 119 Å². The number of aromatic nitrogens is 1. The molecule has 2 rings (SSSR count). The zero-order chi connectivity index (χ0) is 14.4. The molecule has 3 heteroatoms. The zero-order valence-electron chi connectivity index (χ0n) is 11.5. The van der Waals surface area contributed by atoms with E-state index in [1.54, 1.807) is 6.08 Å². The van der Waals surface area contributed by atoms with Crippen molar-refractivity contribution < 1.29 is 9.53 Å². The number of carbonyl (C=O) groups excluding carboxylic acids is 1. The summed E-state index contributed by atoms with van der Waals surface area (Å²) in [6, 6.07) is 8.20. The van der Waals surface area contributed by atoms with E-state index < -0.39 is 0 Å². The Morgan fingerprint density at radius 2 is 2.05 bits per heavy atom. The smallest absolute Gasteiger partial charge is 0.306 e. The van der Waals surface area contributed by atoms with Crippen LogP contribution in [0.4, 0.5) is 0 Å². The molecule has 0 aliphatic carbocycles. The number of hydrogen-bond donors (Lipinski definition) is 0. The molecule has 0 amide bonds. The van der Waals surface area contributed by atoms with Crippen LogP contribution in [0.25, 0.3) is 10.9 Å². The molecule has 0 unspecified atom stereocenters. The van der Waals surface area contributed by atoms with E-state index in [2.05, 4.69) is 36.1 Å². The average Bonchev–Trinajstić information content (AvgIpc) is 2.82. The van der Waals surface area contributed by atoms with E-state index in [1.165, 1.54) is 10.9 Å². The summed E-state index contributed by atoms with van der Waals surface area (Å²) in [5.74, 6) is -0.189. The molecule has 0 saturated heterocycles. The Hall–Kier alpha value is -2.29. The number of fused-ring (bicyclic) bond motifs is 1. The van der Waals surface area contributed by atoms with Crippen molar-refractivity contribution in [3.63, 3.8) is 0 Å². The first-order valence-corrected chi connectivity index (χ1v) is 6.70. The van der Waals surface area contributed by atoms with E-state index in [-0.39, 0.29) is 12.6 Å². The Bertz CT molecular complexity index is 625. The lowest BCUT2D eigenvalue weighted by molar-refractivity contribution is -0.142. The molecule has 1 heterocycles. The Morgan fingerprint density at radius 1 is 1.25 bits per heavy atom. The molecular formula is C17H19NO2. The highest BCUT2D eigenvalue weighted by Crippen LogP contribution is 2.22. The molecule has 1 aromatic heterocycles. The minimum absolute atomic E-state index is 0.189. The lowest BCUT2D eigenvalue weighted by Gasteiger charge is -2.01. The number of benzene rings is 1. The fourth-order valence-electron chi connectivity index (χ4n) is 2.27. The number of carbonyl (C=O) groups is 1.